The summed E-state index contributed by atoms with van der Waals surface area (Å²) in [5.74, 6) is 2.31. The molecule has 186 valence electrons. The monoisotopic (exact) mass is 481 g/mol. The van der Waals surface area contributed by atoms with Crippen molar-refractivity contribution < 1.29 is 10.3 Å². The molecule has 2 aromatic rings. The summed E-state index contributed by atoms with van der Waals surface area (Å²) >= 11 is 0. The molecule has 0 saturated heterocycles. The Hall–Kier alpha value is -2.97. The molecular weight excluding hydrogens is 446 g/mol. The van der Waals surface area contributed by atoms with E-state index in [-0.39, 0.29) is 11.8 Å². The average Bonchev–Trinajstić information content (AvgIpc) is 3.18. The Morgan fingerprint density at radius 3 is 2.64 bits per heavy atom. The first-order valence-electron chi connectivity index (χ1n) is 13.5. The molecule has 7 atom stereocenters. The predicted molar refractivity (Wildman–Crippen MR) is 139 cm³/mol. The van der Waals surface area contributed by atoms with Gasteiger partial charge in [0.1, 0.15) is 0 Å². The Bertz CT molecular complexity index is 1230. The van der Waals surface area contributed by atoms with Crippen molar-refractivity contribution >= 4 is 5.71 Å². The van der Waals surface area contributed by atoms with Gasteiger partial charge in [0, 0.05) is 17.8 Å². The molecule has 1 heterocycles. The molecular formula is C31H35N3O2. The summed E-state index contributed by atoms with van der Waals surface area (Å²) < 4.78 is 0. The highest BCUT2D eigenvalue weighted by molar-refractivity contribution is 5.96. The van der Waals surface area contributed by atoms with Crippen LogP contribution in [-0.4, -0.2) is 26.6 Å². The van der Waals surface area contributed by atoms with Crippen molar-refractivity contribution in [2.24, 2.45) is 34.2 Å². The van der Waals surface area contributed by atoms with E-state index >= 15 is 0 Å². The molecule has 0 bridgehead atoms. The van der Waals surface area contributed by atoms with Gasteiger partial charge in [-0.05, 0) is 103 Å². The molecule has 4 aliphatic carbocycles. The van der Waals surface area contributed by atoms with Gasteiger partial charge in [-0.15, -0.1) is 0 Å². The van der Waals surface area contributed by atoms with E-state index in [0.717, 1.165) is 61.8 Å². The van der Waals surface area contributed by atoms with E-state index < -0.39 is 5.60 Å². The van der Waals surface area contributed by atoms with Crippen molar-refractivity contribution in [2.75, 3.05) is 0 Å². The minimum atomic E-state index is -0.912. The highest BCUT2D eigenvalue weighted by Crippen LogP contribution is 2.68. The standard InChI is InChI=1S/C31H35N3O2/c1-30-18-27(21-6-4-20(5-7-21)23-3-2-16-33-19-23)29-25-11-9-24(34-36)17-22(25)8-10-26(29)28(30)12-13-31(30,35)14-15-32/h2-7,16-17,19,25-29,35-36H,8-14,18H2,1H3/b34-24-/t25-,26-,27+,28-,29+,30-,31+/m0/s1. The number of rotatable bonds is 3. The number of benzene rings is 1. The molecule has 36 heavy (non-hydrogen) atoms. The van der Waals surface area contributed by atoms with E-state index in [1.165, 1.54) is 11.1 Å². The summed E-state index contributed by atoms with van der Waals surface area (Å²) in [4.78, 5) is 4.28. The molecule has 5 nitrogen and oxygen atoms in total. The highest BCUT2D eigenvalue weighted by Gasteiger charge is 2.64. The molecule has 4 aliphatic rings. The summed E-state index contributed by atoms with van der Waals surface area (Å²) in [6, 6.07) is 15.4. The second-order valence-electron chi connectivity index (χ2n) is 11.8. The number of pyridine rings is 1. The Labute approximate surface area is 213 Å². The summed E-state index contributed by atoms with van der Waals surface area (Å²) in [6.07, 6.45) is 12.7. The lowest BCUT2D eigenvalue weighted by Gasteiger charge is -2.58. The van der Waals surface area contributed by atoms with Crippen LogP contribution >= 0.6 is 0 Å². The van der Waals surface area contributed by atoms with Crippen LogP contribution in [0.2, 0.25) is 0 Å². The third kappa shape index (κ3) is 3.53. The third-order valence-electron chi connectivity index (χ3n) is 10.5. The maximum absolute atomic E-state index is 11.8. The fourth-order valence-electron chi connectivity index (χ4n) is 8.71. The van der Waals surface area contributed by atoms with Gasteiger partial charge in [-0.3, -0.25) is 4.98 Å². The topological polar surface area (TPSA) is 89.5 Å². The van der Waals surface area contributed by atoms with Gasteiger partial charge in [0.25, 0.3) is 0 Å². The van der Waals surface area contributed by atoms with Gasteiger partial charge in [0.05, 0.1) is 23.8 Å². The Kier molecular flexibility index (Phi) is 5.76. The average molecular weight is 482 g/mol. The van der Waals surface area contributed by atoms with Crippen LogP contribution in [0.3, 0.4) is 0 Å². The second kappa shape index (κ2) is 8.85. The van der Waals surface area contributed by atoms with Crippen LogP contribution in [0.15, 0.2) is 65.6 Å². The van der Waals surface area contributed by atoms with E-state index in [0.29, 0.717) is 29.6 Å². The first-order chi connectivity index (χ1) is 17.5. The number of aliphatic hydroxyl groups is 1. The molecule has 0 amide bonds. The molecule has 3 saturated carbocycles. The normalized spacial score (nSPS) is 38.4. The lowest BCUT2D eigenvalue weighted by atomic mass is 9.46. The van der Waals surface area contributed by atoms with Gasteiger partial charge >= 0.3 is 0 Å². The Balaban J connectivity index is 1.42. The number of allylic oxidation sites excluding steroid dienone is 2. The Morgan fingerprint density at radius 1 is 1.08 bits per heavy atom. The zero-order chi connectivity index (χ0) is 24.9. The molecule has 0 spiro atoms. The lowest BCUT2D eigenvalue weighted by Crippen LogP contribution is -2.55. The third-order valence-corrected chi connectivity index (χ3v) is 10.5. The summed E-state index contributed by atoms with van der Waals surface area (Å²) in [5.41, 5.74) is 4.70. The van der Waals surface area contributed by atoms with Crippen molar-refractivity contribution in [2.45, 2.75) is 69.8 Å². The molecule has 6 rings (SSSR count). The minimum absolute atomic E-state index is 0.217. The van der Waals surface area contributed by atoms with Crippen LogP contribution in [0.5, 0.6) is 0 Å². The molecule has 1 aromatic carbocycles. The second-order valence-corrected chi connectivity index (χ2v) is 11.8. The van der Waals surface area contributed by atoms with Crippen molar-refractivity contribution in [1.82, 2.24) is 4.98 Å². The van der Waals surface area contributed by atoms with E-state index in [1.807, 2.05) is 12.3 Å². The molecule has 3 fully saturated rings. The maximum Gasteiger partial charge on any atom is 0.0833 e. The largest absolute Gasteiger partial charge is 0.411 e. The number of nitriles is 1. The fraction of sp³-hybridized carbons (Fsp3) is 0.516. The van der Waals surface area contributed by atoms with Gasteiger partial charge in [0.15, 0.2) is 0 Å². The molecule has 5 heteroatoms. The number of oxime groups is 1. The van der Waals surface area contributed by atoms with Gasteiger partial charge < -0.3 is 10.3 Å². The van der Waals surface area contributed by atoms with Crippen LogP contribution in [0.25, 0.3) is 11.1 Å². The fourth-order valence-corrected chi connectivity index (χ4v) is 8.71. The number of aromatic nitrogens is 1. The first kappa shape index (κ1) is 23.4. The van der Waals surface area contributed by atoms with E-state index in [2.05, 4.69) is 59.5 Å². The van der Waals surface area contributed by atoms with Gasteiger partial charge in [-0.25, -0.2) is 0 Å². The highest BCUT2D eigenvalue weighted by atomic mass is 16.4. The van der Waals surface area contributed by atoms with Gasteiger partial charge in [-0.1, -0.05) is 48.0 Å². The quantitative estimate of drug-likeness (QED) is 0.387. The number of hydrogen-bond acceptors (Lipinski definition) is 5. The van der Waals surface area contributed by atoms with Crippen molar-refractivity contribution in [1.29, 1.82) is 5.26 Å². The van der Waals surface area contributed by atoms with Gasteiger partial charge in [-0.2, -0.15) is 5.26 Å². The number of hydrogen-bond donors (Lipinski definition) is 2. The van der Waals surface area contributed by atoms with Crippen molar-refractivity contribution in [3.05, 3.63) is 66.0 Å². The van der Waals surface area contributed by atoms with Crippen LogP contribution in [-0.2, 0) is 0 Å². The smallest absolute Gasteiger partial charge is 0.0833 e. The van der Waals surface area contributed by atoms with Gasteiger partial charge in [0.2, 0.25) is 0 Å². The van der Waals surface area contributed by atoms with Crippen molar-refractivity contribution in [3.63, 3.8) is 0 Å². The minimum Gasteiger partial charge on any atom is -0.411 e. The summed E-state index contributed by atoms with van der Waals surface area (Å²) in [7, 11) is 0. The van der Waals surface area contributed by atoms with Crippen LogP contribution < -0.4 is 0 Å². The van der Waals surface area contributed by atoms with Crippen LogP contribution in [0.4, 0.5) is 0 Å². The lowest BCUT2D eigenvalue weighted by molar-refractivity contribution is -0.122. The van der Waals surface area contributed by atoms with Crippen LogP contribution in [0, 0.1) is 40.4 Å². The number of nitrogens with zero attached hydrogens (tertiary/aromatic N) is 3. The molecule has 0 unspecified atom stereocenters. The molecule has 1 aromatic heterocycles. The zero-order valence-corrected chi connectivity index (χ0v) is 21.0. The number of fused-ring (bicyclic) bond motifs is 5. The summed E-state index contributed by atoms with van der Waals surface area (Å²) in [5, 5.41) is 34.4. The maximum atomic E-state index is 11.8. The van der Waals surface area contributed by atoms with E-state index in [9.17, 15) is 15.6 Å². The zero-order valence-electron chi connectivity index (χ0n) is 21.0. The summed E-state index contributed by atoms with van der Waals surface area (Å²) in [6.45, 7) is 2.28. The molecule has 0 aliphatic heterocycles. The first-order valence-corrected chi connectivity index (χ1v) is 13.5. The molecule has 0 radical (unpaired) electrons. The van der Waals surface area contributed by atoms with E-state index in [1.54, 1.807) is 6.20 Å². The van der Waals surface area contributed by atoms with E-state index in [4.69, 9.17) is 0 Å². The predicted octanol–water partition coefficient (Wildman–Crippen LogP) is 6.49. The van der Waals surface area contributed by atoms with Crippen molar-refractivity contribution in [3.8, 4) is 17.2 Å². The molecule has 2 N–H and O–H groups in total. The SMILES string of the molecule is C[C@]12C[C@H](c3ccc(-c4cccnc4)cc3)[C@H]3[C@@H](CCC4=C/C(=N\O)CC[C@@H]43)[C@@H]1CC[C@@]2(O)CC#N. The van der Waals surface area contributed by atoms with Crippen LogP contribution in [0.1, 0.15) is 69.8 Å². The Morgan fingerprint density at radius 2 is 1.92 bits per heavy atom.